The van der Waals surface area contributed by atoms with E-state index in [0.717, 1.165) is 81.8 Å². The molecular formula is C20H27N5O2. The number of nitrogens with zero attached hydrogens (tertiary/aromatic N) is 5. The van der Waals surface area contributed by atoms with Crippen molar-refractivity contribution in [1.29, 1.82) is 0 Å². The summed E-state index contributed by atoms with van der Waals surface area (Å²) in [4.78, 5) is 19.0. The van der Waals surface area contributed by atoms with Crippen LogP contribution in [0.1, 0.15) is 17.1 Å². The fourth-order valence-electron chi connectivity index (χ4n) is 3.73. The monoisotopic (exact) mass is 369 g/mol. The second-order valence-corrected chi connectivity index (χ2v) is 6.91. The van der Waals surface area contributed by atoms with E-state index in [-0.39, 0.29) is 0 Å². The van der Waals surface area contributed by atoms with E-state index in [1.165, 1.54) is 5.56 Å². The van der Waals surface area contributed by atoms with Gasteiger partial charge in [-0.05, 0) is 12.1 Å². The smallest absolute Gasteiger partial charge is 0.135 e. The Morgan fingerprint density at radius 1 is 1.04 bits per heavy atom. The van der Waals surface area contributed by atoms with Crippen molar-refractivity contribution in [3.8, 4) is 0 Å². The van der Waals surface area contributed by atoms with Crippen LogP contribution in [0.25, 0.3) is 0 Å². The molecule has 1 saturated heterocycles. The van der Waals surface area contributed by atoms with Crippen molar-refractivity contribution in [3.63, 3.8) is 0 Å². The minimum Gasteiger partial charge on any atom is -0.384 e. The first-order valence-corrected chi connectivity index (χ1v) is 9.71. The second-order valence-electron chi connectivity index (χ2n) is 6.91. The van der Waals surface area contributed by atoms with Crippen LogP contribution in [-0.4, -0.2) is 68.1 Å². The predicted octanol–water partition coefficient (Wildman–Crippen LogP) is 1.50. The van der Waals surface area contributed by atoms with E-state index in [1.807, 2.05) is 18.3 Å². The van der Waals surface area contributed by atoms with Gasteiger partial charge in [-0.1, -0.05) is 6.07 Å². The highest BCUT2D eigenvalue weighted by molar-refractivity contribution is 5.52. The topological polar surface area (TPSA) is 63.6 Å². The maximum atomic E-state index is 5.69. The van der Waals surface area contributed by atoms with Gasteiger partial charge in [0.05, 0.1) is 25.5 Å². The molecule has 4 rings (SSSR count). The van der Waals surface area contributed by atoms with Crippen molar-refractivity contribution in [2.24, 2.45) is 0 Å². The molecule has 0 bridgehead atoms. The lowest BCUT2D eigenvalue weighted by atomic mass is 10.1. The molecule has 27 heavy (non-hydrogen) atoms. The molecule has 7 heteroatoms. The van der Waals surface area contributed by atoms with Gasteiger partial charge in [-0.15, -0.1) is 0 Å². The van der Waals surface area contributed by atoms with Crippen LogP contribution in [0, 0.1) is 0 Å². The average molecular weight is 369 g/mol. The Hall–Kier alpha value is -2.25. The Morgan fingerprint density at radius 2 is 1.85 bits per heavy atom. The molecule has 0 amide bonds. The summed E-state index contributed by atoms with van der Waals surface area (Å²) in [7, 11) is 1.72. The minimum atomic E-state index is 0.641. The van der Waals surface area contributed by atoms with Crippen molar-refractivity contribution in [1.82, 2.24) is 15.0 Å². The number of hydrogen-bond donors (Lipinski definition) is 0. The number of ether oxygens (including phenoxy) is 2. The zero-order valence-corrected chi connectivity index (χ0v) is 15.9. The normalized spacial score (nSPS) is 17.5. The Bertz CT molecular complexity index is 748. The van der Waals surface area contributed by atoms with Gasteiger partial charge < -0.3 is 19.3 Å². The largest absolute Gasteiger partial charge is 0.384 e. The second kappa shape index (κ2) is 8.63. The zero-order chi connectivity index (χ0) is 18.5. The third-order valence-corrected chi connectivity index (χ3v) is 5.18. The van der Waals surface area contributed by atoms with Gasteiger partial charge in [-0.25, -0.2) is 15.0 Å². The molecule has 0 unspecified atom stereocenters. The van der Waals surface area contributed by atoms with Crippen LogP contribution in [-0.2, 0) is 28.7 Å². The van der Waals surface area contributed by atoms with Gasteiger partial charge in [-0.2, -0.15) is 0 Å². The summed E-state index contributed by atoms with van der Waals surface area (Å²) < 4.78 is 10.9. The minimum absolute atomic E-state index is 0.641. The predicted molar refractivity (Wildman–Crippen MR) is 105 cm³/mol. The first-order valence-electron chi connectivity index (χ1n) is 9.71. The van der Waals surface area contributed by atoms with Crippen LogP contribution in [0.4, 0.5) is 11.6 Å². The van der Waals surface area contributed by atoms with E-state index in [2.05, 4.69) is 20.9 Å². The highest BCUT2D eigenvalue weighted by atomic mass is 16.5. The zero-order valence-electron chi connectivity index (χ0n) is 15.9. The summed E-state index contributed by atoms with van der Waals surface area (Å²) in [6.45, 7) is 5.88. The number of anilines is 2. The van der Waals surface area contributed by atoms with Gasteiger partial charge in [0.1, 0.15) is 17.5 Å². The molecule has 0 spiro atoms. The van der Waals surface area contributed by atoms with Crippen molar-refractivity contribution in [2.45, 2.75) is 19.3 Å². The summed E-state index contributed by atoms with van der Waals surface area (Å²) in [5.41, 5.74) is 2.41. The first-order chi connectivity index (χ1) is 13.3. The molecule has 2 aromatic heterocycles. The molecule has 2 aromatic rings. The quantitative estimate of drug-likeness (QED) is 0.791. The van der Waals surface area contributed by atoms with Crippen LogP contribution in [0.3, 0.4) is 0 Å². The van der Waals surface area contributed by atoms with E-state index in [9.17, 15) is 0 Å². The first kappa shape index (κ1) is 18.1. The van der Waals surface area contributed by atoms with E-state index in [1.54, 1.807) is 7.11 Å². The number of methoxy groups -OCH3 is 1. The molecule has 7 nitrogen and oxygen atoms in total. The third-order valence-electron chi connectivity index (χ3n) is 5.18. The Kier molecular flexibility index (Phi) is 5.79. The lowest BCUT2D eigenvalue weighted by molar-refractivity contribution is 0.146. The van der Waals surface area contributed by atoms with Crippen LogP contribution in [0.15, 0.2) is 24.4 Å². The molecule has 2 aliphatic heterocycles. The van der Waals surface area contributed by atoms with Crippen LogP contribution < -0.4 is 9.80 Å². The summed E-state index contributed by atoms with van der Waals surface area (Å²) in [6.07, 6.45) is 4.34. The van der Waals surface area contributed by atoms with Crippen LogP contribution in [0.5, 0.6) is 0 Å². The third kappa shape index (κ3) is 4.20. The van der Waals surface area contributed by atoms with Gasteiger partial charge in [0.25, 0.3) is 0 Å². The van der Waals surface area contributed by atoms with Crippen molar-refractivity contribution in [3.05, 3.63) is 41.5 Å². The van der Waals surface area contributed by atoms with Gasteiger partial charge in [0.2, 0.25) is 0 Å². The molecule has 1 fully saturated rings. The molecule has 0 aliphatic carbocycles. The summed E-state index contributed by atoms with van der Waals surface area (Å²) in [6, 6.07) is 6.08. The molecular weight excluding hydrogens is 342 g/mol. The van der Waals surface area contributed by atoms with E-state index < -0.39 is 0 Å². The summed E-state index contributed by atoms with van der Waals surface area (Å²) in [5, 5.41) is 0. The molecule has 0 aromatic carbocycles. The van der Waals surface area contributed by atoms with Gasteiger partial charge >= 0.3 is 0 Å². The van der Waals surface area contributed by atoms with Gasteiger partial charge in [-0.3, -0.25) is 0 Å². The fourth-order valence-corrected chi connectivity index (χ4v) is 3.73. The lowest BCUT2D eigenvalue weighted by Gasteiger charge is -2.37. The molecule has 0 radical (unpaired) electrons. The van der Waals surface area contributed by atoms with E-state index in [0.29, 0.717) is 6.61 Å². The molecule has 0 atom stereocenters. The number of pyridine rings is 1. The van der Waals surface area contributed by atoms with Crippen molar-refractivity contribution < 1.29 is 9.47 Å². The molecule has 4 heterocycles. The number of hydrogen-bond acceptors (Lipinski definition) is 7. The standard InChI is InChI=1S/C20H27N5O2/c1-26-13-7-18-22-17-6-15-27-14-5-16(17)20(23-18)25-11-9-24(10-12-25)19-4-2-3-8-21-19/h2-4,8H,5-7,9-15H2,1H3. The SMILES string of the molecule is COCCc1nc2c(c(N3CCN(c4ccccn4)CC3)n1)CCOCC2. The van der Waals surface area contributed by atoms with Crippen LogP contribution >= 0.6 is 0 Å². The van der Waals surface area contributed by atoms with E-state index >= 15 is 0 Å². The van der Waals surface area contributed by atoms with Crippen molar-refractivity contribution >= 4 is 11.6 Å². The lowest BCUT2D eigenvalue weighted by Crippen LogP contribution is -2.47. The number of aromatic nitrogens is 3. The molecule has 0 N–H and O–H groups in total. The number of rotatable bonds is 5. The molecule has 2 aliphatic rings. The number of piperazine rings is 1. The van der Waals surface area contributed by atoms with E-state index in [4.69, 9.17) is 19.4 Å². The highest BCUT2D eigenvalue weighted by Crippen LogP contribution is 2.26. The Labute approximate surface area is 160 Å². The Morgan fingerprint density at radius 3 is 2.63 bits per heavy atom. The van der Waals surface area contributed by atoms with Crippen molar-refractivity contribution in [2.75, 3.05) is 62.9 Å². The van der Waals surface area contributed by atoms with Crippen LogP contribution in [0.2, 0.25) is 0 Å². The summed E-state index contributed by atoms with van der Waals surface area (Å²) >= 11 is 0. The van der Waals surface area contributed by atoms with Gasteiger partial charge in [0.15, 0.2) is 0 Å². The fraction of sp³-hybridized carbons (Fsp3) is 0.550. The molecule has 0 saturated carbocycles. The highest BCUT2D eigenvalue weighted by Gasteiger charge is 2.24. The van der Waals surface area contributed by atoms with Gasteiger partial charge in [0, 0.05) is 64.3 Å². The molecule has 144 valence electrons. The average Bonchev–Trinajstić information content (AvgIpc) is 2.98. The maximum absolute atomic E-state index is 5.69. The Balaban J connectivity index is 1.55. The maximum Gasteiger partial charge on any atom is 0.135 e. The number of fused-ring (bicyclic) bond motifs is 1. The summed E-state index contributed by atoms with van der Waals surface area (Å²) in [5.74, 6) is 3.02.